The largest absolute Gasteiger partial charge is 0.127 e. The van der Waals surface area contributed by atoms with E-state index >= 15 is 0 Å². The van der Waals surface area contributed by atoms with Crippen LogP contribution in [-0.4, -0.2) is 8.67 Å². The summed E-state index contributed by atoms with van der Waals surface area (Å²) in [5.74, 6) is 2.40. The lowest BCUT2D eigenvalue weighted by atomic mass is 9.48. The van der Waals surface area contributed by atoms with Crippen LogP contribution in [0.5, 0.6) is 0 Å². The zero-order valence-corrected chi connectivity index (χ0v) is 19.7. The maximum absolute atomic E-state index is 6.76. The molecule has 5 aliphatic carbocycles. The molecule has 0 saturated heterocycles. The quantitative estimate of drug-likeness (QED) is 0.290. The van der Waals surface area contributed by atoms with Gasteiger partial charge in [0.15, 0.2) is 0 Å². The molecule has 0 aromatic heterocycles. The highest BCUT2D eigenvalue weighted by Gasteiger charge is 2.74. The monoisotopic (exact) mass is 436 g/mol. The Morgan fingerprint density at radius 2 is 1.54 bits per heavy atom. The molecule has 3 saturated carbocycles. The Balaban J connectivity index is 1.34. The molecule has 4 heteroatoms. The zero-order chi connectivity index (χ0) is 19.3. The summed E-state index contributed by atoms with van der Waals surface area (Å²) in [4.78, 5) is 0. The molecule has 0 spiro atoms. The van der Waals surface area contributed by atoms with Crippen molar-refractivity contribution < 1.29 is 0 Å². The van der Waals surface area contributed by atoms with Gasteiger partial charge in [-0.3, -0.25) is 0 Å². The molecule has 26 heavy (non-hydrogen) atoms. The molecule has 3 fully saturated rings. The van der Waals surface area contributed by atoms with Crippen LogP contribution in [0.4, 0.5) is 0 Å². The van der Waals surface area contributed by atoms with Crippen molar-refractivity contribution >= 4 is 46.4 Å². The topological polar surface area (TPSA) is 0 Å². The van der Waals surface area contributed by atoms with Crippen molar-refractivity contribution in [3.05, 3.63) is 11.6 Å². The van der Waals surface area contributed by atoms with Crippen molar-refractivity contribution in [1.82, 2.24) is 0 Å². The standard InChI is InChI=1S/C22H32Cl4/c1-18(2)14-8-6-13(15(18)12-14)7-9-17-20(5,22(17,25)26)11-10-16-19(3,4)21(16,23)24/h6,14-17H,7-12H2,1-5H3/t14-,15-,16?,17?,20?/m1/s1. The molecular formula is C22H32Cl4. The Labute approximate surface area is 179 Å². The summed E-state index contributed by atoms with van der Waals surface area (Å²) < 4.78 is -1.19. The molecule has 0 heterocycles. The highest BCUT2D eigenvalue weighted by Crippen LogP contribution is 2.76. The molecule has 0 nitrogen and oxygen atoms in total. The van der Waals surface area contributed by atoms with Crippen LogP contribution in [0, 0.1) is 39.9 Å². The molecule has 148 valence electrons. The molecule has 0 aromatic carbocycles. The first-order valence-electron chi connectivity index (χ1n) is 10.2. The van der Waals surface area contributed by atoms with Gasteiger partial charge in [0, 0.05) is 22.7 Å². The highest BCUT2D eigenvalue weighted by atomic mass is 35.5. The molecule has 0 radical (unpaired) electrons. The maximum atomic E-state index is 6.76. The van der Waals surface area contributed by atoms with Gasteiger partial charge in [0.05, 0.1) is 0 Å². The van der Waals surface area contributed by atoms with Gasteiger partial charge in [0.1, 0.15) is 8.67 Å². The van der Waals surface area contributed by atoms with Crippen molar-refractivity contribution in [2.45, 2.75) is 81.8 Å². The predicted molar refractivity (Wildman–Crippen MR) is 114 cm³/mol. The third-order valence-corrected chi connectivity index (χ3v) is 12.1. The molecule has 5 aliphatic rings. The fourth-order valence-corrected chi connectivity index (χ4v) is 8.29. The lowest BCUT2D eigenvalue weighted by Crippen LogP contribution is -2.48. The molecule has 5 rings (SSSR count). The fourth-order valence-electron chi connectivity index (χ4n) is 6.33. The van der Waals surface area contributed by atoms with E-state index in [1.54, 1.807) is 5.57 Å². The lowest BCUT2D eigenvalue weighted by Gasteiger charge is -2.56. The van der Waals surface area contributed by atoms with E-state index in [-0.39, 0.29) is 10.8 Å². The van der Waals surface area contributed by atoms with E-state index in [9.17, 15) is 0 Å². The van der Waals surface area contributed by atoms with Crippen molar-refractivity contribution in [3.8, 4) is 0 Å². The average Bonchev–Trinajstić information content (AvgIpc) is 3.14. The SMILES string of the molecule is CC1(C)[C@@H]2CC=C(CCC3C(Cl)(Cl)C3(C)CCC3C(C)(C)C3(Cl)Cl)[C@H]1C2. The first kappa shape index (κ1) is 20.2. The number of allylic oxidation sites excluding steroid dienone is 2. The van der Waals surface area contributed by atoms with Gasteiger partial charge in [-0.05, 0) is 55.8 Å². The van der Waals surface area contributed by atoms with E-state index in [1.807, 2.05) is 0 Å². The first-order chi connectivity index (χ1) is 11.8. The van der Waals surface area contributed by atoms with E-state index < -0.39 is 8.67 Å². The summed E-state index contributed by atoms with van der Waals surface area (Å²) in [5, 5.41) is 0. The van der Waals surface area contributed by atoms with E-state index in [0.29, 0.717) is 17.3 Å². The molecular weight excluding hydrogens is 406 g/mol. The van der Waals surface area contributed by atoms with Gasteiger partial charge in [-0.2, -0.15) is 0 Å². The van der Waals surface area contributed by atoms with Gasteiger partial charge in [0.25, 0.3) is 0 Å². The Morgan fingerprint density at radius 1 is 0.923 bits per heavy atom. The molecule has 0 aromatic rings. The van der Waals surface area contributed by atoms with Crippen LogP contribution in [0.2, 0.25) is 0 Å². The van der Waals surface area contributed by atoms with E-state index in [2.05, 4.69) is 40.7 Å². The van der Waals surface area contributed by atoms with Gasteiger partial charge in [-0.15, -0.1) is 46.4 Å². The summed E-state index contributed by atoms with van der Waals surface area (Å²) in [5.41, 5.74) is 2.15. The second-order valence-corrected chi connectivity index (χ2v) is 13.7. The second-order valence-electron chi connectivity index (χ2n) is 10.9. The van der Waals surface area contributed by atoms with Crippen LogP contribution in [0.3, 0.4) is 0 Å². The number of rotatable bonds is 6. The number of alkyl halides is 4. The average molecular weight is 438 g/mol. The van der Waals surface area contributed by atoms with Crippen molar-refractivity contribution in [1.29, 1.82) is 0 Å². The predicted octanol–water partition coefficient (Wildman–Crippen LogP) is 8.18. The van der Waals surface area contributed by atoms with Gasteiger partial charge in [-0.25, -0.2) is 0 Å². The minimum absolute atomic E-state index is 0.00258. The van der Waals surface area contributed by atoms with Crippen LogP contribution in [0.25, 0.3) is 0 Å². The summed E-state index contributed by atoms with van der Waals surface area (Å²) in [7, 11) is 0. The lowest BCUT2D eigenvalue weighted by molar-refractivity contribution is -0.00854. The van der Waals surface area contributed by atoms with Crippen molar-refractivity contribution in [3.63, 3.8) is 0 Å². The van der Waals surface area contributed by atoms with Crippen LogP contribution < -0.4 is 0 Å². The summed E-state index contributed by atoms with van der Waals surface area (Å²) >= 11 is 26.4. The zero-order valence-electron chi connectivity index (χ0n) is 16.6. The third kappa shape index (κ3) is 2.54. The fraction of sp³-hybridized carbons (Fsp3) is 0.909. The highest BCUT2D eigenvalue weighted by molar-refractivity contribution is 6.52. The Hall–Kier alpha value is 0.900. The van der Waals surface area contributed by atoms with Gasteiger partial charge < -0.3 is 0 Å². The normalized spacial score (nSPS) is 45.5. The van der Waals surface area contributed by atoms with Crippen molar-refractivity contribution in [2.75, 3.05) is 0 Å². The number of hydrogen-bond acceptors (Lipinski definition) is 0. The Kier molecular flexibility index (Phi) is 4.45. The van der Waals surface area contributed by atoms with Gasteiger partial charge in [-0.1, -0.05) is 46.3 Å². The van der Waals surface area contributed by atoms with Gasteiger partial charge >= 0.3 is 0 Å². The number of hydrogen-bond donors (Lipinski definition) is 0. The van der Waals surface area contributed by atoms with Gasteiger partial charge in [0.2, 0.25) is 0 Å². The molecule has 0 N–H and O–H groups in total. The summed E-state index contributed by atoms with van der Waals surface area (Å²) in [6.07, 6.45) is 9.44. The first-order valence-corrected chi connectivity index (χ1v) is 11.7. The number of fused-ring (bicyclic) bond motifs is 1. The minimum Gasteiger partial charge on any atom is -0.101 e. The molecule has 5 atom stereocenters. The smallest absolute Gasteiger partial charge is 0.101 e. The van der Waals surface area contributed by atoms with E-state index in [0.717, 1.165) is 37.5 Å². The minimum atomic E-state index is -0.597. The van der Waals surface area contributed by atoms with E-state index in [4.69, 9.17) is 46.4 Å². The maximum Gasteiger partial charge on any atom is 0.127 e. The molecule has 3 unspecified atom stereocenters. The Morgan fingerprint density at radius 3 is 2.04 bits per heavy atom. The van der Waals surface area contributed by atoms with Crippen molar-refractivity contribution in [2.24, 2.45) is 39.9 Å². The van der Waals surface area contributed by atoms with Crippen LogP contribution in [-0.2, 0) is 0 Å². The summed E-state index contributed by atoms with van der Waals surface area (Å²) in [6, 6.07) is 0. The molecule has 0 amide bonds. The third-order valence-electron chi connectivity index (χ3n) is 9.23. The second kappa shape index (κ2) is 5.74. The van der Waals surface area contributed by atoms with Crippen LogP contribution in [0.1, 0.15) is 73.1 Å². The van der Waals surface area contributed by atoms with Crippen LogP contribution >= 0.6 is 46.4 Å². The van der Waals surface area contributed by atoms with Crippen LogP contribution in [0.15, 0.2) is 11.6 Å². The summed E-state index contributed by atoms with van der Waals surface area (Å²) in [6.45, 7) is 11.4. The molecule has 2 bridgehead atoms. The number of halogens is 4. The Bertz CT molecular complexity index is 631. The molecule has 0 aliphatic heterocycles. The van der Waals surface area contributed by atoms with E-state index in [1.165, 1.54) is 12.8 Å².